The number of nitrogens with zero attached hydrogens (tertiary/aromatic N) is 1. The van der Waals surface area contributed by atoms with E-state index in [2.05, 4.69) is 16.8 Å². The predicted octanol–water partition coefficient (Wildman–Crippen LogP) is 2.28. The molecule has 90 valence electrons. The first-order chi connectivity index (χ1) is 8.36. The van der Waals surface area contributed by atoms with Crippen LogP contribution in [0.2, 0.25) is 0 Å². The molecule has 0 N–H and O–H groups in total. The zero-order chi connectivity index (χ0) is 11.9. The number of hydrogen-bond acceptors (Lipinski definition) is 3. The molecule has 3 nitrogen and oxygen atoms in total. The lowest BCUT2D eigenvalue weighted by Crippen LogP contribution is -2.22. The Balaban J connectivity index is 1.80. The first-order valence-electron chi connectivity index (χ1n) is 6.00. The second kappa shape index (κ2) is 6.39. The van der Waals surface area contributed by atoms with Gasteiger partial charge >= 0.3 is 0 Å². The fraction of sp³-hybridized carbons (Fsp3) is 0.500. The van der Waals surface area contributed by atoms with E-state index in [9.17, 15) is 0 Å². The van der Waals surface area contributed by atoms with Gasteiger partial charge in [-0.1, -0.05) is 11.8 Å². The molecule has 1 atom stereocenters. The van der Waals surface area contributed by atoms with Gasteiger partial charge in [-0.15, -0.1) is 0 Å². The first kappa shape index (κ1) is 12.1. The van der Waals surface area contributed by atoms with Crippen molar-refractivity contribution in [2.75, 3.05) is 13.2 Å². The van der Waals surface area contributed by atoms with Crippen LogP contribution in [0.4, 0.5) is 0 Å². The van der Waals surface area contributed by atoms with E-state index in [1.807, 2.05) is 19.1 Å². The van der Waals surface area contributed by atoms with Crippen molar-refractivity contribution in [1.29, 1.82) is 0 Å². The van der Waals surface area contributed by atoms with Crippen LogP contribution in [0.3, 0.4) is 0 Å². The van der Waals surface area contributed by atoms with Crippen LogP contribution in [0.15, 0.2) is 18.3 Å². The average Bonchev–Trinajstić information content (AvgIpc) is 2.38. The Morgan fingerprint density at radius 3 is 3.24 bits per heavy atom. The van der Waals surface area contributed by atoms with E-state index in [0.29, 0.717) is 6.61 Å². The highest BCUT2D eigenvalue weighted by Gasteiger charge is 2.12. The van der Waals surface area contributed by atoms with E-state index in [4.69, 9.17) is 9.47 Å². The van der Waals surface area contributed by atoms with Gasteiger partial charge in [0.25, 0.3) is 0 Å². The highest BCUT2D eigenvalue weighted by molar-refractivity contribution is 5.36. The van der Waals surface area contributed by atoms with Crippen LogP contribution in [-0.4, -0.2) is 24.5 Å². The van der Waals surface area contributed by atoms with Crippen molar-refractivity contribution in [3.8, 4) is 11.8 Å². The van der Waals surface area contributed by atoms with Gasteiger partial charge in [0.05, 0.1) is 5.69 Å². The van der Waals surface area contributed by atoms with Crippen molar-refractivity contribution in [2.24, 2.45) is 0 Å². The van der Waals surface area contributed by atoms with Gasteiger partial charge in [0.2, 0.25) is 0 Å². The fourth-order valence-corrected chi connectivity index (χ4v) is 1.72. The molecule has 0 bridgehead atoms. The molecule has 2 rings (SSSR count). The Morgan fingerprint density at radius 1 is 1.53 bits per heavy atom. The van der Waals surface area contributed by atoms with Crippen LogP contribution >= 0.6 is 0 Å². The lowest BCUT2D eigenvalue weighted by atomic mass is 10.2. The molecule has 0 amide bonds. The summed E-state index contributed by atoms with van der Waals surface area (Å²) >= 11 is 0. The van der Waals surface area contributed by atoms with Crippen molar-refractivity contribution in [1.82, 2.24) is 4.98 Å². The van der Waals surface area contributed by atoms with Crippen LogP contribution in [0.5, 0.6) is 0 Å². The monoisotopic (exact) mass is 231 g/mol. The summed E-state index contributed by atoms with van der Waals surface area (Å²) in [5.41, 5.74) is 1.91. The standard InChI is InChI=1S/C14H17NO2/c1-12-13(6-4-9-15-12)7-5-11-17-14-8-2-3-10-16-14/h4,6,9,14H,2-3,8,10-11H2,1H3. The Labute approximate surface area is 102 Å². The minimum absolute atomic E-state index is 0.0620. The maximum absolute atomic E-state index is 5.53. The number of ether oxygens (including phenoxy) is 2. The van der Waals surface area contributed by atoms with Crippen LogP contribution in [0, 0.1) is 18.8 Å². The maximum Gasteiger partial charge on any atom is 0.158 e. The smallest absolute Gasteiger partial charge is 0.158 e. The molecule has 1 aromatic heterocycles. The van der Waals surface area contributed by atoms with Gasteiger partial charge in [-0.3, -0.25) is 4.98 Å². The summed E-state index contributed by atoms with van der Waals surface area (Å²) in [7, 11) is 0. The molecule has 0 radical (unpaired) electrons. The number of rotatable bonds is 2. The van der Waals surface area contributed by atoms with Gasteiger partial charge in [0.15, 0.2) is 6.29 Å². The summed E-state index contributed by atoms with van der Waals surface area (Å²) in [5, 5.41) is 0. The number of hydrogen-bond donors (Lipinski definition) is 0. The molecule has 2 heterocycles. The Hall–Kier alpha value is -1.37. The highest BCUT2D eigenvalue weighted by Crippen LogP contribution is 2.13. The number of aromatic nitrogens is 1. The molecule has 0 saturated carbocycles. The van der Waals surface area contributed by atoms with Gasteiger partial charge in [-0.25, -0.2) is 0 Å². The maximum atomic E-state index is 5.53. The summed E-state index contributed by atoms with van der Waals surface area (Å²) in [6.45, 7) is 3.17. The van der Waals surface area contributed by atoms with Gasteiger partial charge in [0, 0.05) is 18.4 Å². The molecular formula is C14H17NO2. The van der Waals surface area contributed by atoms with E-state index in [0.717, 1.165) is 30.7 Å². The summed E-state index contributed by atoms with van der Waals surface area (Å²) in [5.74, 6) is 6.06. The number of aryl methyl sites for hydroxylation is 1. The summed E-state index contributed by atoms with van der Waals surface area (Å²) in [6, 6.07) is 3.86. The molecule has 1 fully saturated rings. The first-order valence-corrected chi connectivity index (χ1v) is 6.00. The zero-order valence-corrected chi connectivity index (χ0v) is 10.1. The van der Waals surface area contributed by atoms with Crippen LogP contribution in [0.1, 0.15) is 30.5 Å². The van der Waals surface area contributed by atoms with E-state index in [1.54, 1.807) is 6.20 Å². The highest BCUT2D eigenvalue weighted by atomic mass is 16.7. The lowest BCUT2D eigenvalue weighted by Gasteiger charge is -2.21. The molecule has 0 spiro atoms. The molecule has 0 aliphatic carbocycles. The molecule has 1 aromatic rings. The minimum atomic E-state index is -0.0620. The van der Waals surface area contributed by atoms with Gasteiger partial charge in [-0.2, -0.15) is 0 Å². The molecule has 0 aromatic carbocycles. The Kier molecular flexibility index (Phi) is 4.54. The molecule has 17 heavy (non-hydrogen) atoms. The Morgan fingerprint density at radius 2 is 2.47 bits per heavy atom. The molecule has 1 unspecified atom stereocenters. The van der Waals surface area contributed by atoms with Crippen LogP contribution in [0.25, 0.3) is 0 Å². The summed E-state index contributed by atoms with van der Waals surface area (Å²) in [4.78, 5) is 4.18. The average molecular weight is 231 g/mol. The third-order valence-corrected chi connectivity index (χ3v) is 2.71. The van der Waals surface area contributed by atoms with Crippen molar-refractivity contribution in [3.63, 3.8) is 0 Å². The zero-order valence-electron chi connectivity index (χ0n) is 10.1. The van der Waals surface area contributed by atoms with Gasteiger partial charge in [-0.05, 0) is 38.3 Å². The molecule has 1 saturated heterocycles. The lowest BCUT2D eigenvalue weighted by molar-refractivity contribution is -0.154. The molecule has 1 aliphatic heterocycles. The van der Waals surface area contributed by atoms with Crippen molar-refractivity contribution >= 4 is 0 Å². The quantitative estimate of drug-likeness (QED) is 0.732. The van der Waals surface area contributed by atoms with Gasteiger partial charge < -0.3 is 9.47 Å². The Bertz CT molecular complexity index is 414. The molecule has 3 heteroatoms. The van der Waals surface area contributed by atoms with E-state index >= 15 is 0 Å². The third-order valence-electron chi connectivity index (χ3n) is 2.71. The SMILES string of the molecule is Cc1ncccc1C#CCOC1CCCCO1. The van der Waals surface area contributed by atoms with E-state index in [-0.39, 0.29) is 6.29 Å². The number of pyridine rings is 1. The van der Waals surface area contributed by atoms with Crippen molar-refractivity contribution in [3.05, 3.63) is 29.6 Å². The fourth-order valence-electron chi connectivity index (χ4n) is 1.72. The van der Waals surface area contributed by atoms with Crippen molar-refractivity contribution < 1.29 is 9.47 Å². The normalized spacial score (nSPS) is 19.5. The molecule has 1 aliphatic rings. The molecular weight excluding hydrogens is 214 g/mol. The second-order valence-corrected chi connectivity index (χ2v) is 4.05. The van der Waals surface area contributed by atoms with Crippen molar-refractivity contribution in [2.45, 2.75) is 32.5 Å². The van der Waals surface area contributed by atoms with E-state index in [1.165, 1.54) is 6.42 Å². The van der Waals surface area contributed by atoms with Crippen LogP contribution in [-0.2, 0) is 9.47 Å². The predicted molar refractivity (Wildman–Crippen MR) is 65.4 cm³/mol. The third kappa shape index (κ3) is 3.85. The van der Waals surface area contributed by atoms with Crippen LogP contribution < -0.4 is 0 Å². The summed E-state index contributed by atoms with van der Waals surface area (Å²) in [6.07, 6.45) is 5.01. The van der Waals surface area contributed by atoms with Gasteiger partial charge in [0.1, 0.15) is 6.61 Å². The topological polar surface area (TPSA) is 31.4 Å². The second-order valence-electron chi connectivity index (χ2n) is 4.05. The minimum Gasteiger partial charge on any atom is -0.353 e. The van der Waals surface area contributed by atoms with E-state index < -0.39 is 0 Å². The summed E-state index contributed by atoms with van der Waals surface area (Å²) < 4.78 is 11.0. The largest absolute Gasteiger partial charge is 0.353 e.